The first-order valence-corrected chi connectivity index (χ1v) is 6.45. The molecule has 1 aromatic heterocycles. The third-order valence-electron chi connectivity index (χ3n) is 2.74. The molecule has 1 rings (SSSR count). The molecule has 0 aliphatic heterocycles. The average molecular weight is 253 g/mol. The smallest absolute Gasteiger partial charge is 0.322 e. The lowest BCUT2D eigenvalue weighted by Gasteiger charge is -2.12. The van der Waals surface area contributed by atoms with Crippen molar-refractivity contribution in [3.8, 4) is 0 Å². The molecule has 0 amide bonds. The second-order valence-electron chi connectivity index (χ2n) is 4.43. The number of aryl methyl sites for hydroxylation is 3. The highest BCUT2D eigenvalue weighted by atomic mass is 16.5. The number of esters is 1. The van der Waals surface area contributed by atoms with Crippen LogP contribution in [0.1, 0.15) is 31.7 Å². The molecule has 5 nitrogen and oxygen atoms in total. The maximum absolute atomic E-state index is 11.4. The van der Waals surface area contributed by atoms with E-state index in [0.717, 1.165) is 25.2 Å². The van der Waals surface area contributed by atoms with Gasteiger partial charge in [-0.2, -0.15) is 5.10 Å². The minimum absolute atomic E-state index is 0.191. The topological polar surface area (TPSA) is 56.1 Å². The molecular weight excluding hydrogens is 230 g/mol. The highest BCUT2D eigenvalue weighted by Gasteiger charge is 2.12. The molecule has 5 heteroatoms. The number of aromatic nitrogens is 2. The predicted octanol–water partition coefficient (Wildman–Crippen LogP) is 1.43. The number of hydrogen-bond donors (Lipinski definition) is 1. The Hall–Kier alpha value is -1.36. The molecule has 1 aromatic rings. The van der Waals surface area contributed by atoms with Crippen molar-refractivity contribution in [3.05, 3.63) is 17.5 Å². The van der Waals surface area contributed by atoms with E-state index in [9.17, 15) is 4.79 Å². The van der Waals surface area contributed by atoms with Crippen LogP contribution in [0.2, 0.25) is 0 Å². The largest absolute Gasteiger partial charge is 0.465 e. The second kappa shape index (κ2) is 7.16. The van der Waals surface area contributed by atoms with Gasteiger partial charge in [0.05, 0.1) is 12.3 Å². The summed E-state index contributed by atoms with van der Waals surface area (Å²) in [5.41, 5.74) is 2.21. The standard InChI is InChI=1S/C13H23N3O2/c1-5-18-13(17)12(4)14-7-6-8-16-11(3)9-10(2)15-16/h9,12,14H,5-8H2,1-4H3. The van der Waals surface area contributed by atoms with Gasteiger partial charge in [0.1, 0.15) is 6.04 Å². The van der Waals surface area contributed by atoms with Gasteiger partial charge in [0.15, 0.2) is 0 Å². The van der Waals surface area contributed by atoms with Gasteiger partial charge < -0.3 is 10.1 Å². The summed E-state index contributed by atoms with van der Waals surface area (Å²) in [6.45, 7) is 9.74. The minimum Gasteiger partial charge on any atom is -0.465 e. The van der Waals surface area contributed by atoms with Gasteiger partial charge in [-0.1, -0.05) is 0 Å². The third-order valence-corrected chi connectivity index (χ3v) is 2.74. The van der Waals surface area contributed by atoms with Crippen LogP contribution >= 0.6 is 0 Å². The van der Waals surface area contributed by atoms with Gasteiger partial charge in [-0.3, -0.25) is 9.48 Å². The molecule has 18 heavy (non-hydrogen) atoms. The normalized spacial score (nSPS) is 12.4. The Labute approximate surface area is 109 Å². The molecule has 1 heterocycles. The van der Waals surface area contributed by atoms with E-state index in [2.05, 4.69) is 23.4 Å². The van der Waals surface area contributed by atoms with Crippen molar-refractivity contribution in [3.63, 3.8) is 0 Å². The van der Waals surface area contributed by atoms with Gasteiger partial charge in [0.25, 0.3) is 0 Å². The van der Waals surface area contributed by atoms with Crippen LogP contribution in [0.5, 0.6) is 0 Å². The summed E-state index contributed by atoms with van der Waals surface area (Å²) in [5, 5.41) is 7.54. The number of nitrogens with zero attached hydrogens (tertiary/aromatic N) is 2. The summed E-state index contributed by atoms with van der Waals surface area (Å²) >= 11 is 0. The fourth-order valence-corrected chi connectivity index (χ4v) is 1.80. The van der Waals surface area contributed by atoms with Crippen LogP contribution in [0, 0.1) is 13.8 Å². The van der Waals surface area contributed by atoms with E-state index < -0.39 is 0 Å². The van der Waals surface area contributed by atoms with Gasteiger partial charge in [0, 0.05) is 12.2 Å². The Bertz CT molecular complexity index is 388. The van der Waals surface area contributed by atoms with Crippen molar-refractivity contribution in [2.75, 3.05) is 13.2 Å². The van der Waals surface area contributed by atoms with Crippen LogP contribution in [-0.4, -0.2) is 34.9 Å². The molecule has 0 aliphatic rings. The van der Waals surface area contributed by atoms with Gasteiger partial charge in [-0.15, -0.1) is 0 Å². The molecule has 0 spiro atoms. The quantitative estimate of drug-likeness (QED) is 0.590. The molecule has 0 radical (unpaired) electrons. The van der Waals surface area contributed by atoms with E-state index in [4.69, 9.17) is 4.74 Å². The first kappa shape index (κ1) is 14.7. The second-order valence-corrected chi connectivity index (χ2v) is 4.43. The molecule has 0 fully saturated rings. The average Bonchev–Trinajstić information content (AvgIpc) is 2.63. The van der Waals surface area contributed by atoms with Crippen molar-refractivity contribution in [1.82, 2.24) is 15.1 Å². The third kappa shape index (κ3) is 4.49. The minimum atomic E-state index is -0.245. The van der Waals surface area contributed by atoms with Gasteiger partial charge in [-0.05, 0) is 46.7 Å². The fraction of sp³-hybridized carbons (Fsp3) is 0.692. The van der Waals surface area contributed by atoms with Crippen LogP contribution in [0.25, 0.3) is 0 Å². The zero-order valence-corrected chi connectivity index (χ0v) is 11.7. The molecule has 1 N–H and O–H groups in total. The van der Waals surface area contributed by atoms with E-state index in [1.807, 2.05) is 25.5 Å². The first-order chi connectivity index (χ1) is 8.54. The van der Waals surface area contributed by atoms with Crippen LogP contribution in [0.3, 0.4) is 0 Å². The molecule has 0 aliphatic carbocycles. The van der Waals surface area contributed by atoms with Gasteiger partial charge in [-0.25, -0.2) is 0 Å². The monoisotopic (exact) mass is 253 g/mol. The zero-order valence-electron chi connectivity index (χ0n) is 11.7. The Morgan fingerprint density at radius 2 is 2.28 bits per heavy atom. The van der Waals surface area contributed by atoms with E-state index in [-0.39, 0.29) is 12.0 Å². The molecule has 1 unspecified atom stereocenters. The maximum atomic E-state index is 11.4. The Morgan fingerprint density at radius 1 is 1.56 bits per heavy atom. The molecule has 0 aromatic carbocycles. The number of nitrogens with one attached hydrogen (secondary N) is 1. The maximum Gasteiger partial charge on any atom is 0.322 e. The molecule has 1 atom stereocenters. The van der Waals surface area contributed by atoms with Crippen LogP contribution in [-0.2, 0) is 16.1 Å². The lowest BCUT2D eigenvalue weighted by atomic mass is 10.3. The van der Waals surface area contributed by atoms with E-state index >= 15 is 0 Å². The summed E-state index contributed by atoms with van der Waals surface area (Å²) in [5.74, 6) is -0.191. The van der Waals surface area contributed by atoms with Crippen molar-refractivity contribution in [2.24, 2.45) is 0 Å². The SMILES string of the molecule is CCOC(=O)C(C)NCCCn1nc(C)cc1C. The van der Waals surface area contributed by atoms with Crippen LogP contribution < -0.4 is 5.32 Å². The van der Waals surface area contributed by atoms with E-state index in [1.54, 1.807) is 0 Å². The lowest BCUT2D eigenvalue weighted by molar-refractivity contribution is -0.145. The summed E-state index contributed by atoms with van der Waals surface area (Å²) < 4.78 is 6.91. The number of rotatable bonds is 7. The number of carbonyl (C=O) groups is 1. The van der Waals surface area contributed by atoms with Crippen LogP contribution in [0.15, 0.2) is 6.07 Å². The van der Waals surface area contributed by atoms with Gasteiger partial charge in [0.2, 0.25) is 0 Å². The highest BCUT2D eigenvalue weighted by molar-refractivity contribution is 5.75. The van der Waals surface area contributed by atoms with Crippen LogP contribution in [0.4, 0.5) is 0 Å². The summed E-state index contributed by atoms with van der Waals surface area (Å²) in [7, 11) is 0. The molecule has 0 saturated carbocycles. The van der Waals surface area contributed by atoms with E-state index in [0.29, 0.717) is 6.61 Å². The van der Waals surface area contributed by atoms with Crippen molar-refractivity contribution >= 4 is 5.97 Å². The molecule has 0 bridgehead atoms. The Morgan fingerprint density at radius 3 is 2.83 bits per heavy atom. The Kier molecular flexibility index (Phi) is 5.85. The number of hydrogen-bond acceptors (Lipinski definition) is 4. The number of ether oxygens (including phenoxy) is 1. The summed E-state index contributed by atoms with van der Waals surface area (Å²) in [6, 6.07) is 1.82. The zero-order chi connectivity index (χ0) is 13.5. The lowest BCUT2D eigenvalue weighted by Crippen LogP contribution is -2.36. The molecule has 102 valence electrons. The molecule has 0 saturated heterocycles. The van der Waals surface area contributed by atoms with Crippen molar-refractivity contribution in [2.45, 2.75) is 46.7 Å². The summed E-state index contributed by atoms with van der Waals surface area (Å²) in [4.78, 5) is 11.4. The predicted molar refractivity (Wildman–Crippen MR) is 70.4 cm³/mol. The fourth-order valence-electron chi connectivity index (χ4n) is 1.80. The van der Waals surface area contributed by atoms with Crippen molar-refractivity contribution < 1.29 is 9.53 Å². The number of carbonyl (C=O) groups excluding carboxylic acids is 1. The van der Waals surface area contributed by atoms with Crippen molar-refractivity contribution in [1.29, 1.82) is 0 Å². The van der Waals surface area contributed by atoms with E-state index in [1.165, 1.54) is 5.69 Å². The molecular formula is C13H23N3O2. The van der Waals surface area contributed by atoms with Gasteiger partial charge >= 0.3 is 5.97 Å². The summed E-state index contributed by atoms with van der Waals surface area (Å²) in [6.07, 6.45) is 0.936. The highest BCUT2D eigenvalue weighted by Crippen LogP contribution is 2.02. The Balaban J connectivity index is 2.22. The first-order valence-electron chi connectivity index (χ1n) is 6.45.